The van der Waals surface area contributed by atoms with E-state index < -0.39 is 5.41 Å². The van der Waals surface area contributed by atoms with Gasteiger partial charge in [-0.15, -0.1) is 10.2 Å². The molecule has 1 aliphatic carbocycles. The van der Waals surface area contributed by atoms with Crippen molar-refractivity contribution in [3.8, 4) is 22.7 Å². The minimum atomic E-state index is -0.624. The Kier molecular flexibility index (Phi) is 8.11. The molecule has 10 heteroatoms. The first-order valence-corrected chi connectivity index (χ1v) is 14.2. The van der Waals surface area contributed by atoms with Gasteiger partial charge in [0, 0.05) is 36.0 Å². The van der Waals surface area contributed by atoms with E-state index >= 15 is 0 Å². The summed E-state index contributed by atoms with van der Waals surface area (Å²) in [4.78, 5) is 28.1. The van der Waals surface area contributed by atoms with Crippen LogP contribution in [0.25, 0.3) is 33.7 Å². The van der Waals surface area contributed by atoms with Crippen LogP contribution in [0.5, 0.6) is 0 Å². The van der Waals surface area contributed by atoms with Crippen LogP contribution in [0, 0.1) is 5.41 Å². The van der Waals surface area contributed by atoms with Gasteiger partial charge in [0.15, 0.2) is 0 Å². The van der Waals surface area contributed by atoms with Crippen molar-refractivity contribution in [3.05, 3.63) is 52.5 Å². The van der Waals surface area contributed by atoms with Gasteiger partial charge in [0.05, 0.1) is 16.5 Å². The molecule has 2 aromatic heterocycles. The number of hydrogen-bond donors (Lipinski definition) is 1. The molecule has 2 heterocycles. The topological polar surface area (TPSA) is 114 Å². The number of aromatic nitrogens is 4. The first-order valence-electron chi connectivity index (χ1n) is 13.4. The third-order valence-electron chi connectivity index (χ3n) is 7.40. The molecule has 0 saturated heterocycles. The van der Waals surface area contributed by atoms with Crippen LogP contribution >= 0.6 is 15.9 Å². The number of fused-ring (bicyclic) bond motifs is 1. The Hall–Kier alpha value is -3.53. The number of halogens is 1. The van der Waals surface area contributed by atoms with E-state index in [1.165, 1.54) is 0 Å². The van der Waals surface area contributed by atoms with E-state index in [-0.39, 0.29) is 11.9 Å². The highest BCUT2D eigenvalue weighted by molar-refractivity contribution is 9.10. The summed E-state index contributed by atoms with van der Waals surface area (Å²) < 4.78 is 12.5. The number of tetrazole rings is 1. The molecule has 0 aliphatic heterocycles. The number of H-pyrrole nitrogens is 1. The van der Waals surface area contributed by atoms with Gasteiger partial charge >= 0.3 is 5.97 Å². The molecule has 0 radical (unpaired) electrons. The van der Waals surface area contributed by atoms with E-state index in [0.29, 0.717) is 37.7 Å². The van der Waals surface area contributed by atoms with Crippen molar-refractivity contribution in [1.82, 2.24) is 25.5 Å². The van der Waals surface area contributed by atoms with Gasteiger partial charge in [0.2, 0.25) is 11.7 Å². The first-order chi connectivity index (χ1) is 18.9. The fraction of sp³-hybridized carbons (Fsp3) is 0.414. The van der Waals surface area contributed by atoms with Crippen LogP contribution in [0.4, 0.5) is 0 Å². The van der Waals surface area contributed by atoms with E-state index in [4.69, 9.17) is 9.15 Å². The Bertz CT molecular complexity index is 1440. The van der Waals surface area contributed by atoms with Crippen LogP contribution in [0.3, 0.4) is 0 Å². The van der Waals surface area contributed by atoms with Crippen molar-refractivity contribution in [2.75, 3.05) is 13.2 Å². The molecular formula is C29H32BrN5O4. The van der Waals surface area contributed by atoms with Gasteiger partial charge in [-0.3, -0.25) is 9.59 Å². The molecule has 204 valence electrons. The highest BCUT2D eigenvalue weighted by atomic mass is 79.9. The van der Waals surface area contributed by atoms with Crippen molar-refractivity contribution in [3.63, 3.8) is 0 Å². The van der Waals surface area contributed by atoms with E-state index in [1.807, 2.05) is 55.1 Å². The fourth-order valence-corrected chi connectivity index (χ4v) is 6.03. The summed E-state index contributed by atoms with van der Waals surface area (Å²) in [6.07, 6.45) is 4.65. The lowest BCUT2D eigenvalue weighted by Crippen LogP contribution is -2.44. The highest BCUT2D eigenvalue weighted by Gasteiger charge is 2.44. The molecule has 2 aromatic carbocycles. The van der Waals surface area contributed by atoms with Crippen LogP contribution in [0.15, 0.2) is 51.4 Å². The van der Waals surface area contributed by atoms with Gasteiger partial charge in [-0.2, -0.15) is 5.21 Å². The predicted molar refractivity (Wildman–Crippen MR) is 150 cm³/mol. The Balaban J connectivity index is 1.41. The Morgan fingerprint density at radius 3 is 2.51 bits per heavy atom. The zero-order chi connectivity index (χ0) is 27.4. The SMILES string of the molecule is CCCC(=O)N(Cc1ccc2oc(-c3ccc(-c4nn[nH]n4)cc3)c(Br)c2c1)CC1(C(=O)OCC)CCCC1. The van der Waals surface area contributed by atoms with Crippen LogP contribution in [-0.4, -0.2) is 50.6 Å². The first kappa shape index (κ1) is 27.1. The monoisotopic (exact) mass is 593 g/mol. The van der Waals surface area contributed by atoms with Gasteiger partial charge in [-0.25, -0.2) is 0 Å². The van der Waals surface area contributed by atoms with Crippen molar-refractivity contribution >= 4 is 38.8 Å². The second-order valence-corrected chi connectivity index (χ2v) is 10.9. The summed E-state index contributed by atoms with van der Waals surface area (Å²) >= 11 is 3.74. The summed E-state index contributed by atoms with van der Waals surface area (Å²) in [6, 6.07) is 13.7. The van der Waals surface area contributed by atoms with Crippen molar-refractivity contribution in [2.45, 2.75) is 58.9 Å². The smallest absolute Gasteiger partial charge is 0.313 e. The number of aromatic amines is 1. The molecule has 1 aliphatic rings. The molecular weight excluding hydrogens is 562 g/mol. The highest BCUT2D eigenvalue weighted by Crippen LogP contribution is 2.41. The molecule has 0 spiro atoms. The molecule has 1 saturated carbocycles. The van der Waals surface area contributed by atoms with Crippen molar-refractivity contribution in [2.24, 2.45) is 5.41 Å². The molecule has 39 heavy (non-hydrogen) atoms. The molecule has 4 aromatic rings. The second kappa shape index (κ2) is 11.7. The number of carbonyl (C=O) groups is 2. The fourth-order valence-electron chi connectivity index (χ4n) is 5.41. The number of ether oxygens (including phenoxy) is 1. The minimum absolute atomic E-state index is 0.0572. The lowest BCUT2D eigenvalue weighted by atomic mass is 9.85. The maximum Gasteiger partial charge on any atom is 0.313 e. The van der Waals surface area contributed by atoms with Gasteiger partial charge in [-0.1, -0.05) is 50.1 Å². The van der Waals surface area contributed by atoms with Crippen LogP contribution in [0.2, 0.25) is 0 Å². The van der Waals surface area contributed by atoms with E-state index in [9.17, 15) is 9.59 Å². The van der Waals surface area contributed by atoms with Crippen LogP contribution in [-0.2, 0) is 20.9 Å². The average molecular weight is 595 g/mol. The third kappa shape index (κ3) is 5.61. The maximum absolute atomic E-state index is 13.2. The van der Waals surface area contributed by atoms with E-state index in [2.05, 4.69) is 42.6 Å². The lowest BCUT2D eigenvalue weighted by Gasteiger charge is -2.33. The predicted octanol–water partition coefficient (Wildman–Crippen LogP) is 6.29. The molecule has 0 atom stereocenters. The summed E-state index contributed by atoms with van der Waals surface area (Å²) in [5, 5.41) is 15.0. The van der Waals surface area contributed by atoms with Crippen molar-refractivity contribution < 1.29 is 18.7 Å². The number of furan rings is 1. The molecule has 1 N–H and O–H groups in total. The number of hydrogen-bond acceptors (Lipinski definition) is 7. The second-order valence-electron chi connectivity index (χ2n) is 10.1. The summed E-state index contributed by atoms with van der Waals surface area (Å²) in [6.45, 7) is 4.97. The number of carbonyl (C=O) groups excluding carboxylic acids is 2. The lowest BCUT2D eigenvalue weighted by molar-refractivity contribution is -0.157. The molecule has 5 rings (SSSR count). The van der Waals surface area contributed by atoms with Gasteiger partial charge in [-0.05, 0) is 65.0 Å². The molecule has 0 bridgehead atoms. The Labute approximate surface area is 235 Å². The minimum Gasteiger partial charge on any atom is -0.466 e. The Morgan fingerprint density at radius 1 is 1.10 bits per heavy atom. The Morgan fingerprint density at radius 2 is 1.85 bits per heavy atom. The van der Waals surface area contributed by atoms with Gasteiger partial charge in [0.1, 0.15) is 11.3 Å². The number of nitrogens with one attached hydrogen (secondary N) is 1. The molecule has 9 nitrogen and oxygen atoms in total. The zero-order valence-corrected chi connectivity index (χ0v) is 23.8. The third-order valence-corrected chi connectivity index (χ3v) is 8.18. The van der Waals surface area contributed by atoms with Crippen molar-refractivity contribution in [1.29, 1.82) is 0 Å². The quantitative estimate of drug-likeness (QED) is 0.215. The number of benzene rings is 2. The van der Waals surface area contributed by atoms with Gasteiger partial charge in [0.25, 0.3) is 0 Å². The van der Waals surface area contributed by atoms with Gasteiger partial charge < -0.3 is 14.1 Å². The average Bonchev–Trinajstić information content (AvgIpc) is 3.71. The normalized spacial score (nSPS) is 14.5. The summed E-state index contributed by atoms with van der Waals surface area (Å²) in [7, 11) is 0. The maximum atomic E-state index is 13.2. The molecule has 0 unspecified atom stereocenters. The van der Waals surface area contributed by atoms with Crippen LogP contribution in [0.1, 0.15) is 57.9 Å². The zero-order valence-electron chi connectivity index (χ0n) is 22.2. The summed E-state index contributed by atoms with van der Waals surface area (Å²) in [5.41, 5.74) is 2.85. The summed E-state index contributed by atoms with van der Waals surface area (Å²) in [5.74, 6) is 1.12. The number of rotatable bonds is 10. The number of amides is 1. The molecule has 1 amide bonds. The number of esters is 1. The van der Waals surface area contributed by atoms with E-state index in [0.717, 1.165) is 64.2 Å². The molecule has 1 fully saturated rings. The van der Waals surface area contributed by atoms with E-state index in [1.54, 1.807) is 0 Å². The largest absolute Gasteiger partial charge is 0.466 e. The van der Waals surface area contributed by atoms with Crippen LogP contribution < -0.4 is 0 Å². The number of nitrogens with zero attached hydrogens (tertiary/aromatic N) is 4. The standard InChI is InChI=1S/C29H32BrN5O4/c1-3-7-24(36)35(18-29(14-5-6-15-29)28(37)38-4-2)17-19-8-13-23-22(16-19)25(30)26(39-23)20-9-11-21(12-10-20)27-31-33-34-32-27/h8-13,16H,3-7,14-15,17-18H2,1-2H3,(H,31,32,33,34).